The molecule has 1 heterocycles. The highest BCUT2D eigenvalue weighted by molar-refractivity contribution is 9.10. The summed E-state index contributed by atoms with van der Waals surface area (Å²) >= 11 is 12.5. The monoisotopic (exact) mass is 503 g/mol. The van der Waals surface area contributed by atoms with E-state index in [1.165, 1.54) is 12.1 Å². The molecule has 3 aromatic rings. The number of sulfonamides is 1. The zero-order valence-corrected chi connectivity index (χ0v) is 17.4. The normalized spacial score (nSPS) is 11.5. The van der Waals surface area contributed by atoms with Crippen molar-refractivity contribution < 1.29 is 8.42 Å². The van der Waals surface area contributed by atoms with Crippen LogP contribution in [-0.4, -0.2) is 18.2 Å². The van der Waals surface area contributed by atoms with Gasteiger partial charge in [0, 0.05) is 15.7 Å². The van der Waals surface area contributed by atoms with Crippen molar-refractivity contribution in [2.75, 3.05) is 4.72 Å². The fraction of sp³-hybridized carbons (Fsp3) is 0.0625. The summed E-state index contributed by atoms with van der Waals surface area (Å²) in [5.74, 6) is 0.233. The van der Waals surface area contributed by atoms with Crippen LogP contribution in [0.15, 0.2) is 68.6 Å². The van der Waals surface area contributed by atoms with Crippen molar-refractivity contribution in [3.63, 3.8) is 0 Å². The van der Waals surface area contributed by atoms with E-state index < -0.39 is 10.0 Å². The minimum absolute atomic E-state index is 0.162. The second-order valence-electron chi connectivity index (χ2n) is 5.21. The Kier molecular flexibility index (Phi) is 5.52. The fourth-order valence-electron chi connectivity index (χ4n) is 2.12. The first kappa shape index (κ1) is 18.4. The number of benzene rings is 2. The number of halogens is 3. The molecule has 0 saturated heterocycles. The van der Waals surface area contributed by atoms with E-state index >= 15 is 0 Å². The molecule has 1 N–H and O–H groups in total. The molecule has 25 heavy (non-hydrogen) atoms. The summed E-state index contributed by atoms with van der Waals surface area (Å²) in [5.41, 5.74) is 1.00. The maximum atomic E-state index is 12.5. The maximum absolute atomic E-state index is 12.5. The van der Waals surface area contributed by atoms with Gasteiger partial charge in [-0.25, -0.2) is 8.42 Å². The van der Waals surface area contributed by atoms with Crippen LogP contribution in [0.4, 0.5) is 5.82 Å². The van der Waals surface area contributed by atoms with E-state index in [1.807, 2.05) is 12.1 Å². The van der Waals surface area contributed by atoms with E-state index in [0.717, 1.165) is 10.0 Å². The molecule has 9 heteroatoms. The van der Waals surface area contributed by atoms with Crippen LogP contribution in [0.3, 0.4) is 0 Å². The second-order valence-corrected chi connectivity index (χ2v) is 9.10. The van der Waals surface area contributed by atoms with Crippen LogP contribution < -0.4 is 4.72 Å². The Balaban J connectivity index is 1.80. The molecule has 0 aliphatic rings. The van der Waals surface area contributed by atoms with Gasteiger partial charge in [-0.1, -0.05) is 39.7 Å². The van der Waals surface area contributed by atoms with Gasteiger partial charge in [-0.2, -0.15) is 5.10 Å². The lowest BCUT2D eigenvalue weighted by atomic mass is 10.2. The SMILES string of the molecule is O=S(=O)(Nc1nn(Cc2ccc(Cl)cc2)cc1Br)c1ccc(Br)cc1. The van der Waals surface area contributed by atoms with E-state index in [-0.39, 0.29) is 10.7 Å². The van der Waals surface area contributed by atoms with Gasteiger partial charge in [0.15, 0.2) is 5.82 Å². The van der Waals surface area contributed by atoms with Crippen molar-refractivity contribution in [1.82, 2.24) is 9.78 Å². The Labute approximate surface area is 167 Å². The molecule has 0 fully saturated rings. The molecule has 0 bridgehead atoms. The van der Waals surface area contributed by atoms with E-state index in [4.69, 9.17) is 11.6 Å². The molecule has 3 rings (SSSR count). The molecule has 0 atom stereocenters. The number of anilines is 1. The molecule has 0 aliphatic heterocycles. The fourth-order valence-corrected chi connectivity index (χ4v) is 4.08. The standard InChI is InChI=1S/C16H12Br2ClN3O2S/c17-12-3-7-14(8-4-12)25(23,24)21-16-15(18)10-22(20-16)9-11-1-5-13(19)6-2-11/h1-8,10H,9H2,(H,20,21). The average Bonchev–Trinajstić information content (AvgIpc) is 2.89. The second kappa shape index (κ2) is 7.49. The van der Waals surface area contributed by atoms with Gasteiger partial charge < -0.3 is 0 Å². The Morgan fingerprint density at radius 3 is 2.32 bits per heavy atom. The molecule has 0 spiro atoms. The van der Waals surface area contributed by atoms with Gasteiger partial charge >= 0.3 is 0 Å². The lowest BCUT2D eigenvalue weighted by Gasteiger charge is -2.06. The first-order valence-corrected chi connectivity index (χ1v) is 10.5. The van der Waals surface area contributed by atoms with Gasteiger partial charge in [-0.15, -0.1) is 0 Å². The largest absolute Gasteiger partial charge is 0.265 e. The summed E-state index contributed by atoms with van der Waals surface area (Å²) < 4.78 is 30.4. The third-order valence-corrected chi connectivity index (χ3v) is 6.05. The summed E-state index contributed by atoms with van der Waals surface area (Å²) in [6.45, 7) is 0.496. The van der Waals surface area contributed by atoms with Crippen LogP contribution in [-0.2, 0) is 16.6 Å². The number of nitrogens with one attached hydrogen (secondary N) is 1. The van der Waals surface area contributed by atoms with Gasteiger partial charge in [0.05, 0.1) is 15.9 Å². The lowest BCUT2D eigenvalue weighted by molar-refractivity contribution is 0.600. The lowest BCUT2D eigenvalue weighted by Crippen LogP contribution is -2.14. The van der Waals surface area contributed by atoms with Crippen LogP contribution in [0.1, 0.15) is 5.56 Å². The summed E-state index contributed by atoms with van der Waals surface area (Å²) in [5, 5.41) is 4.95. The Morgan fingerprint density at radius 1 is 1.04 bits per heavy atom. The highest BCUT2D eigenvalue weighted by atomic mass is 79.9. The average molecular weight is 506 g/mol. The van der Waals surface area contributed by atoms with Gasteiger partial charge in [0.25, 0.3) is 10.0 Å². The van der Waals surface area contributed by atoms with Crippen LogP contribution in [0.5, 0.6) is 0 Å². The van der Waals surface area contributed by atoms with Crippen molar-refractivity contribution in [1.29, 1.82) is 0 Å². The Morgan fingerprint density at radius 2 is 1.68 bits per heavy atom. The third-order valence-electron chi connectivity index (χ3n) is 3.33. The van der Waals surface area contributed by atoms with Crippen LogP contribution in [0, 0.1) is 0 Å². The Bertz CT molecular complexity index is 987. The predicted molar refractivity (Wildman–Crippen MR) is 105 cm³/mol. The zero-order valence-electron chi connectivity index (χ0n) is 12.7. The number of nitrogens with zero attached hydrogens (tertiary/aromatic N) is 2. The van der Waals surface area contributed by atoms with Crippen LogP contribution >= 0.6 is 43.5 Å². The van der Waals surface area contributed by atoms with E-state index in [1.54, 1.807) is 35.1 Å². The molecule has 0 unspecified atom stereocenters. The summed E-state index contributed by atoms with van der Waals surface area (Å²) in [7, 11) is -3.71. The molecule has 1 aromatic heterocycles. The summed E-state index contributed by atoms with van der Waals surface area (Å²) in [4.78, 5) is 0.162. The van der Waals surface area contributed by atoms with Gasteiger partial charge in [0.2, 0.25) is 0 Å². The number of rotatable bonds is 5. The quantitative estimate of drug-likeness (QED) is 0.536. The third kappa shape index (κ3) is 4.63. The van der Waals surface area contributed by atoms with E-state index in [2.05, 4.69) is 41.7 Å². The Hall–Kier alpha value is -1.35. The smallest absolute Gasteiger partial charge is 0.263 e. The van der Waals surface area contributed by atoms with Crippen molar-refractivity contribution >= 4 is 59.3 Å². The molecule has 5 nitrogen and oxygen atoms in total. The van der Waals surface area contributed by atoms with Gasteiger partial charge in [-0.05, 0) is 57.9 Å². The molecular formula is C16H12Br2ClN3O2S. The zero-order chi connectivity index (χ0) is 18.0. The van der Waals surface area contributed by atoms with Crippen LogP contribution in [0.2, 0.25) is 5.02 Å². The minimum Gasteiger partial charge on any atom is -0.265 e. The first-order valence-electron chi connectivity index (χ1n) is 7.09. The molecule has 2 aromatic carbocycles. The van der Waals surface area contributed by atoms with Crippen molar-refractivity contribution in [2.24, 2.45) is 0 Å². The summed E-state index contributed by atoms with van der Waals surface area (Å²) in [6, 6.07) is 13.8. The number of hydrogen-bond acceptors (Lipinski definition) is 3. The van der Waals surface area contributed by atoms with E-state index in [0.29, 0.717) is 16.0 Å². The van der Waals surface area contributed by atoms with Crippen molar-refractivity contribution in [2.45, 2.75) is 11.4 Å². The predicted octanol–water partition coefficient (Wildman–Crippen LogP) is 4.91. The van der Waals surface area contributed by atoms with Gasteiger partial charge in [0.1, 0.15) is 0 Å². The highest BCUT2D eigenvalue weighted by Gasteiger charge is 2.18. The van der Waals surface area contributed by atoms with Crippen molar-refractivity contribution in [3.05, 3.63) is 74.3 Å². The molecule has 130 valence electrons. The first-order chi connectivity index (χ1) is 11.8. The number of hydrogen-bond donors (Lipinski definition) is 1. The van der Waals surface area contributed by atoms with Crippen LogP contribution in [0.25, 0.3) is 0 Å². The molecule has 0 aliphatic carbocycles. The molecular weight excluding hydrogens is 494 g/mol. The maximum Gasteiger partial charge on any atom is 0.263 e. The highest BCUT2D eigenvalue weighted by Crippen LogP contribution is 2.24. The molecule has 0 saturated carbocycles. The topological polar surface area (TPSA) is 64.0 Å². The minimum atomic E-state index is -3.71. The number of aromatic nitrogens is 2. The van der Waals surface area contributed by atoms with Crippen molar-refractivity contribution in [3.8, 4) is 0 Å². The summed E-state index contributed by atoms with van der Waals surface area (Å²) in [6.07, 6.45) is 1.72. The van der Waals surface area contributed by atoms with E-state index in [9.17, 15) is 8.42 Å². The molecule has 0 radical (unpaired) electrons. The van der Waals surface area contributed by atoms with Gasteiger partial charge in [-0.3, -0.25) is 9.40 Å². The molecule has 0 amide bonds.